The van der Waals surface area contributed by atoms with Crippen LogP contribution in [0.2, 0.25) is 5.02 Å². The van der Waals surface area contributed by atoms with Crippen molar-refractivity contribution < 1.29 is 45.8 Å². The molecule has 50 heavy (non-hydrogen) atoms. The molecule has 15 nitrogen and oxygen atoms in total. The molecule has 4 heterocycles. The predicted molar refractivity (Wildman–Crippen MR) is 159 cm³/mol. The average Bonchev–Trinajstić information content (AvgIpc) is 3.60. The molecule has 1 atom stereocenters. The van der Waals surface area contributed by atoms with E-state index in [4.69, 9.17) is 11.6 Å². The van der Waals surface area contributed by atoms with Crippen LogP contribution in [0.4, 0.5) is 26.3 Å². The largest absolute Gasteiger partial charge is 0.416 e. The molecular weight excluding hydrogens is 706 g/mol. The number of nitrogens with zero attached hydrogens (tertiary/aromatic N) is 8. The Labute approximate surface area is 281 Å². The Hall–Kier alpha value is -5.31. The molecule has 0 radical (unpaired) electrons. The minimum Gasteiger partial charge on any atom is -0.382 e. The van der Waals surface area contributed by atoms with Crippen LogP contribution < -0.4 is 16.3 Å². The fourth-order valence-electron chi connectivity index (χ4n) is 4.75. The highest BCUT2D eigenvalue weighted by Crippen LogP contribution is 2.25. The second-order valence-electron chi connectivity index (χ2n) is 10.8. The molecule has 3 aromatic heterocycles. The molecule has 0 spiro atoms. The number of halogens is 7. The maximum atomic E-state index is 13.7. The van der Waals surface area contributed by atoms with Crippen LogP contribution in [0.25, 0.3) is 17.2 Å². The third kappa shape index (κ3) is 8.28. The van der Waals surface area contributed by atoms with Crippen molar-refractivity contribution in [2.75, 3.05) is 26.2 Å². The third-order valence-electron chi connectivity index (χ3n) is 7.14. The maximum absolute atomic E-state index is 13.7. The summed E-state index contributed by atoms with van der Waals surface area (Å²) in [5.41, 5.74) is -1.28. The summed E-state index contributed by atoms with van der Waals surface area (Å²) in [7, 11) is 0. The molecule has 0 unspecified atom stereocenters. The van der Waals surface area contributed by atoms with Gasteiger partial charge in [-0.15, -0.1) is 10.2 Å². The molecule has 3 amide bonds. The minimum atomic E-state index is -5.08. The highest BCUT2D eigenvalue weighted by Gasteiger charge is 2.39. The zero-order valence-corrected chi connectivity index (χ0v) is 26.1. The van der Waals surface area contributed by atoms with E-state index in [1.165, 1.54) is 42.6 Å². The normalized spacial score (nSPS) is 14.4. The predicted octanol–water partition coefficient (Wildman–Crippen LogP) is 1.57. The lowest BCUT2D eigenvalue weighted by molar-refractivity contribution is -0.207. The van der Waals surface area contributed by atoms with Gasteiger partial charge in [-0.1, -0.05) is 11.6 Å². The van der Waals surface area contributed by atoms with Crippen molar-refractivity contribution in [1.29, 1.82) is 0 Å². The Balaban J connectivity index is 1.57. The molecule has 22 heteroatoms. The van der Waals surface area contributed by atoms with Crippen molar-refractivity contribution in [2.24, 2.45) is 0 Å². The molecular formula is C28H25ClF6N10O5. The first-order valence-electron chi connectivity index (χ1n) is 14.5. The Bertz CT molecular complexity index is 1960. The Morgan fingerprint density at radius 1 is 1.06 bits per heavy atom. The van der Waals surface area contributed by atoms with Crippen molar-refractivity contribution in [3.05, 3.63) is 75.3 Å². The zero-order valence-electron chi connectivity index (χ0n) is 25.4. The van der Waals surface area contributed by atoms with Crippen molar-refractivity contribution in [3.63, 3.8) is 0 Å². The molecule has 5 rings (SSSR count). The number of aromatic nitrogens is 7. The Morgan fingerprint density at radius 2 is 1.78 bits per heavy atom. The highest BCUT2D eigenvalue weighted by atomic mass is 35.5. The van der Waals surface area contributed by atoms with E-state index in [9.17, 15) is 50.6 Å². The van der Waals surface area contributed by atoms with Gasteiger partial charge in [0.25, 0.3) is 11.8 Å². The summed E-state index contributed by atoms with van der Waals surface area (Å²) >= 11 is 5.93. The summed E-state index contributed by atoms with van der Waals surface area (Å²) in [5, 5.41) is 23.1. The first kappa shape index (κ1) is 36.0. The lowest BCUT2D eigenvalue weighted by Gasteiger charge is -2.26. The molecule has 1 fully saturated rings. The number of hydrogen-bond acceptors (Lipinski definition) is 9. The van der Waals surface area contributed by atoms with E-state index in [1.807, 2.05) is 0 Å². The quantitative estimate of drug-likeness (QED) is 0.204. The number of piperazine rings is 1. The van der Waals surface area contributed by atoms with Crippen molar-refractivity contribution in [2.45, 2.75) is 38.0 Å². The smallest absolute Gasteiger partial charge is 0.382 e. The van der Waals surface area contributed by atoms with E-state index >= 15 is 0 Å². The third-order valence-corrected chi connectivity index (χ3v) is 7.40. The molecule has 1 aliphatic heterocycles. The van der Waals surface area contributed by atoms with Gasteiger partial charge in [-0.3, -0.25) is 19.0 Å². The molecule has 0 saturated carbocycles. The number of alkyl halides is 6. The number of rotatable bonds is 10. The van der Waals surface area contributed by atoms with Crippen LogP contribution in [-0.4, -0.2) is 106 Å². The summed E-state index contributed by atoms with van der Waals surface area (Å²) in [6.45, 7) is -2.93. The van der Waals surface area contributed by atoms with Gasteiger partial charge < -0.3 is 20.6 Å². The van der Waals surface area contributed by atoms with Gasteiger partial charge in [-0.25, -0.2) is 19.4 Å². The van der Waals surface area contributed by atoms with E-state index in [0.29, 0.717) is 9.25 Å². The molecule has 1 aromatic carbocycles. The van der Waals surface area contributed by atoms with E-state index in [2.05, 4.69) is 30.8 Å². The Kier molecular flexibility index (Phi) is 10.3. The van der Waals surface area contributed by atoms with Crippen molar-refractivity contribution >= 4 is 29.3 Å². The summed E-state index contributed by atoms with van der Waals surface area (Å²) < 4.78 is 80.1. The van der Waals surface area contributed by atoms with E-state index in [1.54, 1.807) is 0 Å². The molecule has 0 bridgehead atoms. The van der Waals surface area contributed by atoms with Gasteiger partial charge in [0.1, 0.15) is 13.1 Å². The second kappa shape index (κ2) is 14.3. The first-order valence-corrected chi connectivity index (χ1v) is 14.9. The van der Waals surface area contributed by atoms with Crippen LogP contribution in [0.5, 0.6) is 0 Å². The first-order chi connectivity index (χ1) is 23.5. The summed E-state index contributed by atoms with van der Waals surface area (Å²) in [5.74, 6) is -3.87. The van der Waals surface area contributed by atoms with Gasteiger partial charge in [0.05, 0.1) is 18.5 Å². The molecule has 0 aliphatic carbocycles. The summed E-state index contributed by atoms with van der Waals surface area (Å²) in [6, 6.07) is 8.06. The molecule has 1 aliphatic rings. The molecule has 266 valence electrons. The van der Waals surface area contributed by atoms with Crippen LogP contribution in [0.3, 0.4) is 0 Å². The minimum absolute atomic E-state index is 0.0373. The van der Waals surface area contributed by atoms with Gasteiger partial charge in [-0.05, 0) is 36.4 Å². The van der Waals surface area contributed by atoms with E-state index in [-0.39, 0.29) is 53.3 Å². The van der Waals surface area contributed by atoms with Crippen molar-refractivity contribution in [1.82, 2.24) is 49.6 Å². The Morgan fingerprint density at radius 3 is 2.44 bits per heavy atom. The number of amides is 3. The fourth-order valence-corrected chi connectivity index (χ4v) is 4.87. The number of pyridine rings is 1. The van der Waals surface area contributed by atoms with Crippen molar-refractivity contribution in [3.8, 4) is 17.2 Å². The van der Waals surface area contributed by atoms with Crippen LogP contribution in [0.1, 0.15) is 33.2 Å². The standard InChI is InChI=1S/C28H25ClF6N10O5/c29-16-5-3-15(4-6-16)21-41-44(26(50)43(21)12-18(46)28(33,34)35)13-19-39-23(25(49)42-11-10-36-20(47)14-42)45(40-19)22-17(2-1-8-37-22)24(48)38-9-7-27(30,31)32/h1-6,8,18,46H,7,9-14H2,(H,36,47)(H,38,48)/t18-/m0/s1. The second-order valence-corrected chi connectivity index (χ2v) is 11.2. The summed E-state index contributed by atoms with van der Waals surface area (Å²) in [4.78, 5) is 61.4. The lowest BCUT2D eigenvalue weighted by atomic mass is 10.2. The van der Waals surface area contributed by atoms with Crippen LogP contribution in [0, 0.1) is 0 Å². The lowest BCUT2D eigenvalue weighted by Crippen LogP contribution is -2.50. The van der Waals surface area contributed by atoms with E-state index in [0.717, 1.165) is 9.58 Å². The number of aliphatic hydroxyl groups is 1. The fraction of sp³-hybridized carbons (Fsp3) is 0.357. The average molecular weight is 731 g/mol. The molecule has 3 N–H and O–H groups in total. The van der Waals surface area contributed by atoms with Gasteiger partial charge >= 0.3 is 18.0 Å². The van der Waals surface area contributed by atoms with Gasteiger partial charge in [-0.2, -0.15) is 31.0 Å². The van der Waals surface area contributed by atoms with Gasteiger partial charge in [0.15, 0.2) is 23.6 Å². The maximum Gasteiger partial charge on any atom is 0.416 e. The zero-order chi connectivity index (χ0) is 36.4. The monoisotopic (exact) mass is 730 g/mol. The molecule has 4 aromatic rings. The number of carbonyl (C=O) groups excluding carboxylic acids is 3. The SMILES string of the molecule is O=C1CN(C(=O)c2nc(Cn3nc(-c4ccc(Cl)cc4)n(C[C@H](O)C(F)(F)F)c3=O)nn2-c2ncccc2C(=O)NCCC(F)(F)F)CCN1. The highest BCUT2D eigenvalue weighted by molar-refractivity contribution is 6.30. The van der Waals surface area contributed by atoms with Gasteiger partial charge in [0, 0.05) is 36.4 Å². The number of hydrogen-bond donors (Lipinski definition) is 3. The topological polar surface area (TPSA) is 182 Å². The van der Waals surface area contributed by atoms with Crippen LogP contribution in [0.15, 0.2) is 47.4 Å². The number of nitrogens with one attached hydrogen (secondary N) is 2. The van der Waals surface area contributed by atoms with Gasteiger partial charge in [0.2, 0.25) is 11.7 Å². The number of aliphatic hydroxyl groups excluding tert-OH is 1. The number of carbonyl (C=O) groups is 3. The molecule has 1 saturated heterocycles. The van der Waals surface area contributed by atoms with Crippen LogP contribution in [-0.2, 0) is 17.9 Å². The van der Waals surface area contributed by atoms with E-state index < -0.39 is 73.7 Å². The van der Waals surface area contributed by atoms with Crippen LogP contribution >= 0.6 is 11.6 Å². The summed E-state index contributed by atoms with van der Waals surface area (Å²) in [6.07, 6.45) is -12.7. The number of benzene rings is 1.